The van der Waals surface area contributed by atoms with Crippen LogP contribution in [0.25, 0.3) is 10.4 Å². The standard InChI is InChI=1S/C7H13N3O2/c1-5-6(2-3-12-5)7(4-11)9-10-8/h5-7,11H,2-4H2,1H3. The lowest BCUT2D eigenvalue weighted by molar-refractivity contribution is 0.0909. The minimum atomic E-state index is -0.326. The van der Waals surface area contributed by atoms with Gasteiger partial charge >= 0.3 is 0 Å². The fourth-order valence-electron chi connectivity index (χ4n) is 1.58. The van der Waals surface area contributed by atoms with Gasteiger partial charge in [-0.05, 0) is 24.8 Å². The molecule has 0 aliphatic carbocycles. The monoisotopic (exact) mass is 171 g/mol. The molecular formula is C7H13N3O2. The van der Waals surface area contributed by atoms with E-state index < -0.39 is 0 Å². The molecule has 0 spiro atoms. The second kappa shape index (κ2) is 4.30. The Labute approximate surface area is 71.0 Å². The Balaban J connectivity index is 2.58. The van der Waals surface area contributed by atoms with Crippen LogP contribution in [0.15, 0.2) is 5.11 Å². The van der Waals surface area contributed by atoms with Gasteiger partial charge in [0.15, 0.2) is 0 Å². The smallest absolute Gasteiger partial charge is 0.0658 e. The Morgan fingerprint density at radius 1 is 1.83 bits per heavy atom. The molecule has 0 aromatic rings. The Morgan fingerprint density at radius 2 is 2.58 bits per heavy atom. The summed E-state index contributed by atoms with van der Waals surface area (Å²) in [6.07, 6.45) is 0.957. The van der Waals surface area contributed by atoms with Crippen molar-refractivity contribution in [1.82, 2.24) is 0 Å². The van der Waals surface area contributed by atoms with Crippen molar-refractivity contribution in [3.05, 3.63) is 10.4 Å². The lowest BCUT2D eigenvalue weighted by Gasteiger charge is -2.18. The lowest BCUT2D eigenvalue weighted by Crippen LogP contribution is -2.27. The summed E-state index contributed by atoms with van der Waals surface area (Å²) in [5, 5.41) is 12.4. The highest BCUT2D eigenvalue weighted by Crippen LogP contribution is 2.25. The van der Waals surface area contributed by atoms with Crippen LogP contribution in [-0.4, -0.2) is 30.5 Å². The fraction of sp³-hybridized carbons (Fsp3) is 1.00. The molecule has 0 radical (unpaired) electrons. The third-order valence-electron chi connectivity index (χ3n) is 2.32. The predicted octanol–water partition coefficient (Wildman–Crippen LogP) is 1.08. The number of aliphatic hydroxyl groups is 1. The number of azide groups is 1. The highest BCUT2D eigenvalue weighted by Gasteiger charge is 2.30. The quantitative estimate of drug-likeness (QED) is 0.392. The van der Waals surface area contributed by atoms with Crippen LogP contribution in [0.3, 0.4) is 0 Å². The summed E-state index contributed by atoms with van der Waals surface area (Å²) < 4.78 is 5.30. The van der Waals surface area contributed by atoms with E-state index in [9.17, 15) is 0 Å². The van der Waals surface area contributed by atoms with Gasteiger partial charge in [0.1, 0.15) is 0 Å². The van der Waals surface area contributed by atoms with E-state index in [1.807, 2.05) is 6.92 Å². The Bertz CT molecular complexity index is 191. The molecule has 5 nitrogen and oxygen atoms in total. The van der Waals surface area contributed by atoms with E-state index in [0.29, 0.717) is 6.61 Å². The molecule has 1 aliphatic heterocycles. The number of hydrogen-bond acceptors (Lipinski definition) is 3. The molecule has 0 aromatic carbocycles. The van der Waals surface area contributed by atoms with Crippen molar-refractivity contribution in [3.63, 3.8) is 0 Å². The molecular weight excluding hydrogens is 158 g/mol. The van der Waals surface area contributed by atoms with Crippen LogP contribution in [0.1, 0.15) is 13.3 Å². The maximum Gasteiger partial charge on any atom is 0.0658 e. The van der Waals surface area contributed by atoms with E-state index in [2.05, 4.69) is 10.0 Å². The highest BCUT2D eigenvalue weighted by molar-refractivity contribution is 4.83. The van der Waals surface area contributed by atoms with Gasteiger partial charge in [-0.2, -0.15) is 0 Å². The van der Waals surface area contributed by atoms with E-state index in [1.165, 1.54) is 0 Å². The molecule has 12 heavy (non-hydrogen) atoms. The Morgan fingerprint density at radius 3 is 3.00 bits per heavy atom. The number of nitrogens with zero attached hydrogens (tertiary/aromatic N) is 3. The molecule has 3 unspecified atom stereocenters. The van der Waals surface area contributed by atoms with Crippen LogP contribution >= 0.6 is 0 Å². The second-order valence-corrected chi connectivity index (χ2v) is 2.98. The van der Waals surface area contributed by atoms with Crippen LogP contribution in [0.5, 0.6) is 0 Å². The largest absolute Gasteiger partial charge is 0.396 e. The second-order valence-electron chi connectivity index (χ2n) is 2.98. The fourth-order valence-corrected chi connectivity index (χ4v) is 1.58. The first-order valence-electron chi connectivity index (χ1n) is 4.06. The van der Waals surface area contributed by atoms with Gasteiger partial charge in [-0.15, -0.1) is 0 Å². The van der Waals surface area contributed by atoms with Crippen molar-refractivity contribution in [3.8, 4) is 0 Å². The molecule has 1 fully saturated rings. The molecule has 1 N–H and O–H groups in total. The molecule has 1 saturated heterocycles. The van der Waals surface area contributed by atoms with Gasteiger partial charge in [0, 0.05) is 11.5 Å². The van der Waals surface area contributed by atoms with Crippen molar-refractivity contribution in [2.24, 2.45) is 11.0 Å². The highest BCUT2D eigenvalue weighted by atomic mass is 16.5. The third kappa shape index (κ3) is 1.88. The molecule has 68 valence electrons. The van der Waals surface area contributed by atoms with E-state index in [0.717, 1.165) is 6.42 Å². The molecule has 0 amide bonds. The van der Waals surface area contributed by atoms with Gasteiger partial charge in [-0.3, -0.25) is 0 Å². The molecule has 5 heteroatoms. The summed E-state index contributed by atoms with van der Waals surface area (Å²) >= 11 is 0. The van der Waals surface area contributed by atoms with Crippen molar-refractivity contribution >= 4 is 0 Å². The van der Waals surface area contributed by atoms with Crippen LogP contribution in [-0.2, 0) is 4.74 Å². The lowest BCUT2D eigenvalue weighted by atomic mass is 9.95. The average Bonchev–Trinajstić information content (AvgIpc) is 2.47. The maximum absolute atomic E-state index is 8.91. The molecule has 0 aromatic heterocycles. The SMILES string of the molecule is CC1OCCC1C(CO)N=[N+]=[N-]. The number of ether oxygens (including phenoxy) is 1. The van der Waals surface area contributed by atoms with Crippen LogP contribution < -0.4 is 0 Å². The molecule has 1 heterocycles. The van der Waals surface area contributed by atoms with Gasteiger partial charge in [-0.1, -0.05) is 5.11 Å². The average molecular weight is 171 g/mol. The summed E-state index contributed by atoms with van der Waals surface area (Å²) in [6, 6.07) is -0.326. The summed E-state index contributed by atoms with van der Waals surface area (Å²) in [5.74, 6) is 0.172. The first-order chi connectivity index (χ1) is 5.79. The summed E-state index contributed by atoms with van der Waals surface area (Å²) in [7, 11) is 0. The summed E-state index contributed by atoms with van der Waals surface area (Å²) in [5.41, 5.74) is 8.22. The number of hydrogen-bond donors (Lipinski definition) is 1. The molecule has 1 aliphatic rings. The zero-order valence-corrected chi connectivity index (χ0v) is 7.05. The maximum atomic E-state index is 8.91. The van der Waals surface area contributed by atoms with Crippen LogP contribution in [0.4, 0.5) is 0 Å². The Hall–Kier alpha value is -0.770. The molecule has 0 saturated carbocycles. The van der Waals surface area contributed by atoms with Crippen molar-refractivity contribution in [1.29, 1.82) is 0 Å². The van der Waals surface area contributed by atoms with E-state index in [-0.39, 0.29) is 24.7 Å². The molecule has 3 atom stereocenters. The number of rotatable bonds is 3. The predicted molar refractivity (Wildman–Crippen MR) is 43.5 cm³/mol. The third-order valence-corrected chi connectivity index (χ3v) is 2.32. The topological polar surface area (TPSA) is 78.2 Å². The summed E-state index contributed by atoms with van der Waals surface area (Å²) in [4.78, 5) is 2.70. The van der Waals surface area contributed by atoms with Crippen LogP contribution in [0, 0.1) is 5.92 Å². The normalized spacial score (nSPS) is 31.2. The molecule has 0 bridgehead atoms. The van der Waals surface area contributed by atoms with Gasteiger partial charge in [-0.25, -0.2) is 0 Å². The minimum absolute atomic E-state index is 0.0904. The van der Waals surface area contributed by atoms with Crippen molar-refractivity contribution < 1.29 is 9.84 Å². The zero-order valence-electron chi connectivity index (χ0n) is 7.05. The molecule has 1 rings (SSSR count). The zero-order chi connectivity index (χ0) is 8.97. The van der Waals surface area contributed by atoms with Gasteiger partial charge in [0.05, 0.1) is 18.8 Å². The first kappa shape index (κ1) is 9.32. The van der Waals surface area contributed by atoms with Crippen molar-refractivity contribution in [2.45, 2.75) is 25.5 Å². The van der Waals surface area contributed by atoms with Crippen molar-refractivity contribution in [2.75, 3.05) is 13.2 Å². The van der Waals surface area contributed by atoms with Gasteiger partial charge < -0.3 is 9.84 Å². The van der Waals surface area contributed by atoms with E-state index >= 15 is 0 Å². The van der Waals surface area contributed by atoms with E-state index in [1.54, 1.807) is 0 Å². The summed E-state index contributed by atoms with van der Waals surface area (Å²) in [6.45, 7) is 2.54. The van der Waals surface area contributed by atoms with Gasteiger partial charge in [0.25, 0.3) is 0 Å². The Kier molecular flexibility index (Phi) is 3.34. The number of aliphatic hydroxyl groups excluding tert-OH is 1. The van der Waals surface area contributed by atoms with Gasteiger partial charge in [0.2, 0.25) is 0 Å². The minimum Gasteiger partial charge on any atom is -0.396 e. The first-order valence-corrected chi connectivity index (χ1v) is 4.06. The van der Waals surface area contributed by atoms with E-state index in [4.69, 9.17) is 15.4 Å². The van der Waals surface area contributed by atoms with Crippen LogP contribution in [0.2, 0.25) is 0 Å².